The number of nitrogens with zero attached hydrogens (tertiary/aromatic N) is 1. The van der Waals surface area contributed by atoms with Crippen LogP contribution in [0.4, 0.5) is 8.78 Å². The molecule has 0 bridgehead atoms. The maximum atomic E-state index is 13.6. The van der Waals surface area contributed by atoms with Gasteiger partial charge in [-0.3, -0.25) is 14.4 Å². The molecule has 0 radical (unpaired) electrons. The van der Waals surface area contributed by atoms with Crippen LogP contribution in [0.25, 0.3) is 0 Å². The highest BCUT2D eigenvalue weighted by atomic mass is 19.1. The molecule has 0 saturated heterocycles. The van der Waals surface area contributed by atoms with Crippen LogP contribution in [-0.4, -0.2) is 48.3 Å². The molecule has 8 heteroatoms. The number of likely N-dealkylation sites (N-methyl/N-ethyl adjacent to an activating group) is 1. The van der Waals surface area contributed by atoms with Crippen LogP contribution in [0.5, 0.6) is 0 Å². The Kier molecular flexibility index (Phi) is 11.9. The van der Waals surface area contributed by atoms with Crippen LogP contribution < -0.4 is 10.6 Å². The molecule has 1 aliphatic rings. The molecule has 3 amide bonds. The number of halogens is 2. The van der Waals surface area contributed by atoms with Crippen LogP contribution >= 0.6 is 0 Å². The zero-order chi connectivity index (χ0) is 28.2. The first kappa shape index (κ1) is 30.3. The highest BCUT2D eigenvalue weighted by molar-refractivity contribution is 5.92. The van der Waals surface area contributed by atoms with Crippen LogP contribution in [0, 0.1) is 17.6 Å². The van der Waals surface area contributed by atoms with Crippen LogP contribution in [0.3, 0.4) is 0 Å². The second-order valence-corrected chi connectivity index (χ2v) is 10.7. The fourth-order valence-electron chi connectivity index (χ4n) is 5.22. The van der Waals surface area contributed by atoms with Gasteiger partial charge in [0.05, 0.1) is 6.42 Å². The summed E-state index contributed by atoms with van der Waals surface area (Å²) in [6.07, 6.45) is 7.84. The van der Waals surface area contributed by atoms with E-state index >= 15 is 0 Å². The predicted molar refractivity (Wildman–Crippen MR) is 148 cm³/mol. The Bertz CT molecular complexity index is 1070. The molecule has 0 unspecified atom stereocenters. The molecule has 2 N–H and O–H groups in total. The van der Waals surface area contributed by atoms with Crippen molar-refractivity contribution in [3.63, 3.8) is 0 Å². The van der Waals surface area contributed by atoms with Crippen molar-refractivity contribution in [3.05, 3.63) is 71.3 Å². The monoisotopic (exact) mass is 541 g/mol. The third-order valence-electron chi connectivity index (χ3n) is 7.35. The number of carbonyl (C=O) groups is 3. The van der Waals surface area contributed by atoms with Gasteiger partial charge in [-0.15, -0.1) is 0 Å². The van der Waals surface area contributed by atoms with Crippen LogP contribution in [0.15, 0.2) is 48.5 Å². The van der Waals surface area contributed by atoms with Crippen LogP contribution in [0.2, 0.25) is 0 Å². The van der Waals surface area contributed by atoms with Crippen molar-refractivity contribution < 1.29 is 23.2 Å². The molecule has 2 aromatic rings. The number of hydrogen-bond acceptors (Lipinski definition) is 3. The topological polar surface area (TPSA) is 78.5 Å². The summed E-state index contributed by atoms with van der Waals surface area (Å²) in [5.74, 6) is -2.29. The minimum Gasteiger partial charge on any atom is -0.344 e. The minimum atomic E-state index is -0.957. The molecule has 2 aromatic carbocycles. The van der Waals surface area contributed by atoms with E-state index in [-0.39, 0.29) is 24.3 Å². The van der Waals surface area contributed by atoms with Crippen molar-refractivity contribution >= 4 is 17.7 Å². The normalized spacial score (nSPS) is 15.3. The van der Waals surface area contributed by atoms with E-state index in [2.05, 4.69) is 17.6 Å². The maximum Gasteiger partial charge on any atom is 0.244 e. The molecule has 1 saturated carbocycles. The Morgan fingerprint density at radius 2 is 1.59 bits per heavy atom. The Morgan fingerprint density at radius 1 is 0.923 bits per heavy atom. The summed E-state index contributed by atoms with van der Waals surface area (Å²) >= 11 is 0. The number of carbonyl (C=O) groups excluding carboxylic acids is 3. The smallest absolute Gasteiger partial charge is 0.244 e. The van der Waals surface area contributed by atoms with Gasteiger partial charge >= 0.3 is 0 Å². The van der Waals surface area contributed by atoms with Crippen molar-refractivity contribution in [1.82, 2.24) is 15.5 Å². The standard InChI is InChI=1S/C31H41F2N3O3/c1-3-4-15-36(2)31(39)28(19-23-13-9-6-10-14-23)35-30(38)27(18-22-11-7-5-8-12-22)34-29(37)20-24-16-25(32)21-26(33)17-24/h5,7-8,11-12,16-17,21,23,27-28H,3-4,6,9-10,13-15,18-20H2,1-2H3,(H,34,37)(H,35,38)/t27-,28-/m0/s1. The highest BCUT2D eigenvalue weighted by Gasteiger charge is 2.31. The number of unbranched alkanes of at least 4 members (excludes halogenated alkanes) is 1. The van der Waals surface area contributed by atoms with E-state index in [9.17, 15) is 23.2 Å². The van der Waals surface area contributed by atoms with Gasteiger partial charge in [0.15, 0.2) is 0 Å². The van der Waals surface area contributed by atoms with E-state index in [1.807, 2.05) is 30.3 Å². The third-order valence-corrected chi connectivity index (χ3v) is 7.35. The van der Waals surface area contributed by atoms with Crippen molar-refractivity contribution in [2.45, 2.75) is 83.2 Å². The first-order valence-electron chi connectivity index (χ1n) is 14.1. The lowest BCUT2D eigenvalue weighted by Gasteiger charge is -2.30. The van der Waals surface area contributed by atoms with Crippen molar-refractivity contribution in [2.75, 3.05) is 13.6 Å². The summed E-state index contributed by atoms with van der Waals surface area (Å²) < 4.78 is 27.3. The fourth-order valence-corrected chi connectivity index (χ4v) is 5.22. The van der Waals surface area contributed by atoms with Gasteiger partial charge in [0.2, 0.25) is 17.7 Å². The highest BCUT2D eigenvalue weighted by Crippen LogP contribution is 2.28. The van der Waals surface area contributed by atoms with E-state index in [1.54, 1.807) is 11.9 Å². The van der Waals surface area contributed by atoms with Crippen molar-refractivity contribution in [1.29, 1.82) is 0 Å². The van der Waals surface area contributed by atoms with Gasteiger partial charge in [-0.05, 0) is 42.0 Å². The van der Waals surface area contributed by atoms with Gasteiger partial charge in [-0.1, -0.05) is 75.8 Å². The molecule has 6 nitrogen and oxygen atoms in total. The lowest BCUT2D eigenvalue weighted by Crippen LogP contribution is -2.55. The largest absolute Gasteiger partial charge is 0.344 e. The van der Waals surface area contributed by atoms with Gasteiger partial charge in [0.1, 0.15) is 23.7 Å². The molecular formula is C31H41F2N3O3. The summed E-state index contributed by atoms with van der Waals surface area (Å²) in [7, 11) is 1.76. The second kappa shape index (κ2) is 15.3. The van der Waals surface area contributed by atoms with E-state index in [0.29, 0.717) is 18.9 Å². The quantitative estimate of drug-likeness (QED) is 0.377. The van der Waals surface area contributed by atoms with E-state index in [1.165, 1.54) is 6.42 Å². The molecule has 1 fully saturated rings. The molecule has 0 heterocycles. The van der Waals surface area contributed by atoms with Gasteiger partial charge < -0.3 is 15.5 Å². The van der Waals surface area contributed by atoms with Gasteiger partial charge in [0.25, 0.3) is 0 Å². The summed E-state index contributed by atoms with van der Waals surface area (Å²) in [6, 6.07) is 10.6. The first-order chi connectivity index (χ1) is 18.7. The Hall–Kier alpha value is -3.29. The van der Waals surface area contributed by atoms with Gasteiger partial charge in [-0.2, -0.15) is 0 Å². The lowest BCUT2D eigenvalue weighted by atomic mass is 9.84. The molecule has 39 heavy (non-hydrogen) atoms. The molecule has 0 aliphatic heterocycles. The number of amides is 3. The summed E-state index contributed by atoms with van der Waals surface area (Å²) in [4.78, 5) is 41.6. The Balaban J connectivity index is 1.77. The SMILES string of the molecule is CCCCN(C)C(=O)[C@H](CC1CCCCC1)NC(=O)[C@H](Cc1ccccc1)NC(=O)Cc1cc(F)cc(F)c1. The third kappa shape index (κ3) is 10.1. The van der Waals surface area contributed by atoms with Crippen LogP contribution in [0.1, 0.15) is 69.4 Å². The minimum absolute atomic E-state index is 0.123. The van der Waals surface area contributed by atoms with E-state index in [0.717, 1.165) is 62.3 Å². The average Bonchev–Trinajstić information content (AvgIpc) is 2.91. The summed E-state index contributed by atoms with van der Waals surface area (Å²) in [6.45, 7) is 2.68. The number of benzene rings is 2. The van der Waals surface area contributed by atoms with Crippen molar-refractivity contribution in [2.24, 2.45) is 5.92 Å². The molecule has 2 atom stereocenters. The molecule has 1 aliphatic carbocycles. The molecule has 3 rings (SSSR count). The van der Waals surface area contributed by atoms with E-state index < -0.39 is 35.5 Å². The zero-order valence-corrected chi connectivity index (χ0v) is 23.1. The average molecular weight is 542 g/mol. The predicted octanol–water partition coefficient (Wildman–Crippen LogP) is 4.95. The number of rotatable bonds is 13. The molecule has 0 spiro atoms. The Morgan fingerprint density at radius 3 is 2.23 bits per heavy atom. The zero-order valence-electron chi connectivity index (χ0n) is 23.1. The number of nitrogens with one attached hydrogen (secondary N) is 2. The van der Waals surface area contributed by atoms with E-state index in [4.69, 9.17) is 0 Å². The maximum absolute atomic E-state index is 13.6. The van der Waals surface area contributed by atoms with Crippen molar-refractivity contribution in [3.8, 4) is 0 Å². The summed E-state index contributed by atoms with van der Waals surface area (Å²) in [5, 5.41) is 5.71. The Labute approximate surface area is 230 Å². The lowest BCUT2D eigenvalue weighted by molar-refractivity contribution is -0.137. The fraction of sp³-hybridized carbons (Fsp3) is 0.516. The van der Waals surface area contributed by atoms with Gasteiger partial charge in [0, 0.05) is 26.1 Å². The number of hydrogen-bond donors (Lipinski definition) is 2. The molecular weight excluding hydrogens is 500 g/mol. The molecule has 0 aromatic heterocycles. The first-order valence-corrected chi connectivity index (χ1v) is 14.1. The molecule has 212 valence electrons. The van der Waals surface area contributed by atoms with Gasteiger partial charge in [-0.25, -0.2) is 8.78 Å². The van der Waals surface area contributed by atoms with Crippen LogP contribution in [-0.2, 0) is 27.2 Å². The summed E-state index contributed by atoms with van der Waals surface area (Å²) in [5.41, 5.74) is 1.01. The second-order valence-electron chi connectivity index (χ2n) is 10.7.